The average molecular weight is 153 g/mol. The minimum Gasteiger partial charge on any atom is -0.378 e. The molecule has 2 heteroatoms. The molecule has 0 aliphatic heterocycles. The van der Waals surface area contributed by atoms with Crippen LogP contribution in [-0.4, -0.2) is 18.8 Å². The molecule has 2 N–H and O–H groups in total. The first-order chi connectivity index (χ1) is 5.22. The van der Waals surface area contributed by atoms with Gasteiger partial charge in [-0.25, -0.2) is 0 Å². The van der Waals surface area contributed by atoms with Crippen molar-refractivity contribution in [2.24, 2.45) is 5.73 Å². The van der Waals surface area contributed by atoms with Gasteiger partial charge in [0.25, 0.3) is 0 Å². The van der Waals surface area contributed by atoms with Gasteiger partial charge in [-0.15, -0.1) is 6.42 Å². The molecule has 0 heterocycles. The highest BCUT2D eigenvalue weighted by atomic mass is 16.5. The molecule has 1 unspecified atom stereocenters. The zero-order chi connectivity index (χ0) is 8.32. The first-order valence-electron chi connectivity index (χ1n) is 3.99. The van der Waals surface area contributed by atoms with Crippen LogP contribution in [0.1, 0.15) is 25.7 Å². The van der Waals surface area contributed by atoms with E-state index in [0.717, 1.165) is 19.3 Å². The molecule has 0 saturated heterocycles. The van der Waals surface area contributed by atoms with Crippen LogP contribution >= 0.6 is 0 Å². The molecule has 0 aromatic rings. The molecule has 1 rings (SSSR count). The van der Waals surface area contributed by atoms with Crippen LogP contribution in [-0.2, 0) is 4.74 Å². The molecule has 0 spiro atoms. The molecular formula is C9H15NO. The summed E-state index contributed by atoms with van der Waals surface area (Å²) in [6, 6.07) is -0.143. The van der Waals surface area contributed by atoms with Crippen molar-refractivity contribution in [3.63, 3.8) is 0 Å². The highest BCUT2D eigenvalue weighted by Gasteiger charge is 2.37. The van der Waals surface area contributed by atoms with Gasteiger partial charge in [0.2, 0.25) is 0 Å². The molecule has 11 heavy (non-hydrogen) atoms. The highest BCUT2D eigenvalue weighted by molar-refractivity contribution is 5.03. The van der Waals surface area contributed by atoms with Gasteiger partial charge in [-0.3, -0.25) is 0 Å². The van der Waals surface area contributed by atoms with E-state index in [4.69, 9.17) is 16.9 Å². The van der Waals surface area contributed by atoms with Crippen LogP contribution in [0.15, 0.2) is 0 Å². The second-order valence-corrected chi connectivity index (χ2v) is 3.22. The second kappa shape index (κ2) is 3.25. The maximum Gasteiger partial charge on any atom is 0.0703 e. The summed E-state index contributed by atoms with van der Waals surface area (Å²) >= 11 is 0. The largest absolute Gasteiger partial charge is 0.378 e. The number of ether oxygens (including phenoxy) is 1. The molecule has 0 bridgehead atoms. The smallest absolute Gasteiger partial charge is 0.0703 e. The summed E-state index contributed by atoms with van der Waals surface area (Å²) in [5.41, 5.74) is 5.65. The third kappa shape index (κ3) is 1.74. The Kier molecular flexibility index (Phi) is 2.53. The van der Waals surface area contributed by atoms with Crippen molar-refractivity contribution in [2.45, 2.75) is 37.3 Å². The fourth-order valence-electron chi connectivity index (χ4n) is 1.52. The normalized spacial score (nSPS) is 23.4. The Bertz CT molecular complexity index is 161. The Balaban J connectivity index is 2.39. The number of terminal acetylenes is 1. The van der Waals surface area contributed by atoms with Gasteiger partial charge < -0.3 is 10.5 Å². The highest BCUT2D eigenvalue weighted by Crippen LogP contribution is 2.38. The van der Waals surface area contributed by atoms with E-state index in [1.54, 1.807) is 7.11 Å². The standard InChI is InChI=1S/C9H15NO/c1-3-8(10)7-9(11-2)5-4-6-9/h1,8H,4-7,10H2,2H3. The summed E-state index contributed by atoms with van der Waals surface area (Å²) in [7, 11) is 1.74. The zero-order valence-corrected chi connectivity index (χ0v) is 6.97. The maximum absolute atomic E-state index is 5.63. The van der Waals surface area contributed by atoms with Crippen molar-refractivity contribution in [1.82, 2.24) is 0 Å². The van der Waals surface area contributed by atoms with Crippen LogP contribution in [0.2, 0.25) is 0 Å². The van der Waals surface area contributed by atoms with E-state index in [9.17, 15) is 0 Å². The Morgan fingerprint density at radius 1 is 1.73 bits per heavy atom. The molecule has 1 aliphatic rings. The Labute approximate surface area is 68.1 Å². The van der Waals surface area contributed by atoms with Gasteiger partial charge >= 0.3 is 0 Å². The quantitative estimate of drug-likeness (QED) is 0.611. The van der Waals surface area contributed by atoms with Crippen molar-refractivity contribution in [1.29, 1.82) is 0 Å². The van der Waals surface area contributed by atoms with Gasteiger partial charge in [0.05, 0.1) is 11.6 Å². The van der Waals surface area contributed by atoms with E-state index >= 15 is 0 Å². The number of rotatable bonds is 3. The van der Waals surface area contributed by atoms with Crippen LogP contribution < -0.4 is 5.73 Å². The number of methoxy groups -OCH3 is 1. The van der Waals surface area contributed by atoms with E-state index in [1.807, 2.05) is 0 Å². The van der Waals surface area contributed by atoms with Gasteiger partial charge in [-0.05, 0) is 19.3 Å². The van der Waals surface area contributed by atoms with E-state index in [0.29, 0.717) is 0 Å². The molecule has 1 fully saturated rings. The Morgan fingerprint density at radius 3 is 2.64 bits per heavy atom. The molecule has 0 amide bonds. The summed E-state index contributed by atoms with van der Waals surface area (Å²) in [5, 5.41) is 0. The van der Waals surface area contributed by atoms with Crippen LogP contribution in [0.4, 0.5) is 0 Å². The predicted octanol–water partition coefficient (Wildman–Crippen LogP) is 0.906. The lowest BCUT2D eigenvalue weighted by Crippen LogP contribution is -2.43. The summed E-state index contributed by atoms with van der Waals surface area (Å²) < 4.78 is 5.37. The first kappa shape index (κ1) is 8.58. The van der Waals surface area contributed by atoms with Crippen molar-refractivity contribution in [3.05, 3.63) is 0 Å². The lowest BCUT2D eigenvalue weighted by atomic mass is 9.76. The van der Waals surface area contributed by atoms with Gasteiger partial charge in [0, 0.05) is 13.5 Å². The van der Waals surface area contributed by atoms with Crippen LogP contribution in [0.3, 0.4) is 0 Å². The van der Waals surface area contributed by atoms with Crippen LogP contribution in [0.25, 0.3) is 0 Å². The topological polar surface area (TPSA) is 35.2 Å². The third-order valence-corrected chi connectivity index (χ3v) is 2.50. The predicted molar refractivity (Wildman–Crippen MR) is 45.0 cm³/mol. The van der Waals surface area contributed by atoms with Gasteiger partial charge in [-0.1, -0.05) is 5.92 Å². The Hall–Kier alpha value is -0.520. The molecule has 0 aromatic heterocycles. The minimum absolute atomic E-state index is 0.0196. The molecule has 1 atom stereocenters. The number of hydrogen-bond donors (Lipinski definition) is 1. The van der Waals surface area contributed by atoms with Gasteiger partial charge in [0.1, 0.15) is 0 Å². The van der Waals surface area contributed by atoms with Crippen LogP contribution in [0, 0.1) is 12.3 Å². The molecule has 2 nitrogen and oxygen atoms in total. The van der Waals surface area contributed by atoms with Crippen LogP contribution in [0.5, 0.6) is 0 Å². The summed E-state index contributed by atoms with van der Waals surface area (Å²) in [5.74, 6) is 2.52. The SMILES string of the molecule is C#CC(N)CC1(OC)CCC1. The monoisotopic (exact) mass is 153 g/mol. The molecule has 62 valence electrons. The lowest BCUT2D eigenvalue weighted by molar-refractivity contribution is -0.0786. The second-order valence-electron chi connectivity index (χ2n) is 3.22. The summed E-state index contributed by atoms with van der Waals surface area (Å²) in [6.07, 6.45) is 9.45. The average Bonchev–Trinajstić information content (AvgIpc) is 1.96. The lowest BCUT2D eigenvalue weighted by Gasteiger charge is -2.41. The molecular weight excluding hydrogens is 138 g/mol. The summed E-state index contributed by atoms with van der Waals surface area (Å²) in [4.78, 5) is 0. The molecule has 1 saturated carbocycles. The van der Waals surface area contributed by atoms with E-state index < -0.39 is 0 Å². The molecule has 1 aliphatic carbocycles. The van der Waals surface area contributed by atoms with E-state index in [1.165, 1.54) is 6.42 Å². The van der Waals surface area contributed by atoms with Gasteiger partial charge in [-0.2, -0.15) is 0 Å². The minimum atomic E-state index is -0.143. The van der Waals surface area contributed by atoms with Gasteiger partial charge in [0.15, 0.2) is 0 Å². The van der Waals surface area contributed by atoms with Crippen molar-refractivity contribution in [3.8, 4) is 12.3 Å². The van der Waals surface area contributed by atoms with Crippen molar-refractivity contribution < 1.29 is 4.74 Å². The zero-order valence-electron chi connectivity index (χ0n) is 6.97. The Morgan fingerprint density at radius 2 is 2.36 bits per heavy atom. The molecule has 0 aromatic carbocycles. The number of hydrogen-bond acceptors (Lipinski definition) is 2. The fraction of sp³-hybridized carbons (Fsp3) is 0.778. The van der Waals surface area contributed by atoms with E-state index in [-0.39, 0.29) is 11.6 Å². The molecule has 0 radical (unpaired) electrons. The first-order valence-corrected chi connectivity index (χ1v) is 3.99. The van der Waals surface area contributed by atoms with Crippen molar-refractivity contribution in [2.75, 3.05) is 7.11 Å². The fourth-order valence-corrected chi connectivity index (χ4v) is 1.52. The summed E-state index contributed by atoms with van der Waals surface area (Å²) in [6.45, 7) is 0. The number of nitrogens with two attached hydrogens (primary N) is 1. The third-order valence-electron chi connectivity index (χ3n) is 2.50. The van der Waals surface area contributed by atoms with E-state index in [2.05, 4.69) is 5.92 Å². The maximum atomic E-state index is 5.63. The van der Waals surface area contributed by atoms with Crippen molar-refractivity contribution >= 4 is 0 Å².